The topological polar surface area (TPSA) is 119 Å². The third-order valence-corrected chi connectivity index (χ3v) is 5.10. The maximum atomic E-state index is 13.0. The summed E-state index contributed by atoms with van der Waals surface area (Å²) in [4.78, 5) is 49.2. The van der Waals surface area contributed by atoms with Gasteiger partial charge in [-0.05, 0) is 54.2 Å². The fraction of sp³-hybridized carbons (Fsp3) is 0. The molecule has 0 atom stereocenters. The first kappa shape index (κ1) is 22.5. The number of benzene rings is 3. The lowest BCUT2D eigenvalue weighted by atomic mass is 10.1. The molecule has 0 aromatic heterocycles. The smallest absolute Gasteiger partial charge is 0.343 e. The normalized spacial score (nSPS) is 14.6. The average Bonchev–Trinajstić information content (AvgIpc) is 2.83. The van der Waals surface area contributed by atoms with Crippen molar-refractivity contribution in [2.24, 2.45) is 0 Å². The molecule has 2 amide bonds. The summed E-state index contributed by atoms with van der Waals surface area (Å²) in [7, 11) is 0. The lowest BCUT2D eigenvalue weighted by Crippen LogP contribution is -2.54. The number of anilines is 1. The Morgan fingerprint density at radius 2 is 1.71 bits per heavy atom. The Hall–Kier alpha value is -4.70. The van der Waals surface area contributed by atoms with Crippen molar-refractivity contribution in [2.75, 3.05) is 4.90 Å². The summed E-state index contributed by atoms with van der Waals surface area (Å²) >= 11 is 5.16. The first-order chi connectivity index (χ1) is 16.3. The van der Waals surface area contributed by atoms with Crippen LogP contribution in [0, 0.1) is 10.1 Å². The van der Waals surface area contributed by atoms with E-state index in [4.69, 9.17) is 17.0 Å². The van der Waals surface area contributed by atoms with Crippen molar-refractivity contribution in [3.05, 3.63) is 106 Å². The molecule has 3 aromatic rings. The number of hydrogen-bond acceptors (Lipinski definition) is 7. The molecule has 0 saturated carbocycles. The van der Waals surface area contributed by atoms with Gasteiger partial charge in [0.15, 0.2) is 5.11 Å². The number of nitro benzene ring substituents is 1. The highest BCUT2D eigenvalue weighted by Gasteiger charge is 2.34. The number of thiocarbonyl (C=S) groups is 1. The monoisotopic (exact) mass is 473 g/mol. The minimum Gasteiger partial charge on any atom is -0.423 e. The first-order valence-electron chi connectivity index (χ1n) is 9.87. The Balaban J connectivity index is 1.52. The van der Waals surface area contributed by atoms with Gasteiger partial charge in [0.2, 0.25) is 0 Å². The van der Waals surface area contributed by atoms with E-state index >= 15 is 0 Å². The average molecular weight is 473 g/mol. The molecule has 0 aliphatic carbocycles. The minimum atomic E-state index is -0.761. The Kier molecular flexibility index (Phi) is 6.24. The molecule has 168 valence electrons. The van der Waals surface area contributed by atoms with Gasteiger partial charge in [-0.2, -0.15) is 0 Å². The van der Waals surface area contributed by atoms with Crippen LogP contribution in [-0.4, -0.2) is 27.8 Å². The molecule has 1 heterocycles. The molecule has 34 heavy (non-hydrogen) atoms. The maximum absolute atomic E-state index is 13.0. The Bertz CT molecular complexity index is 1350. The van der Waals surface area contributed by atoms with Crippen molar-refractivity contribution in [3.63, 3.8) is 0 Å². The standard InChI is InChI=1S/C24H15N3O6S/c28-21-20(22(29)26(24(34)25-21)17-6-2-1-3-7-17)13-15-9-11-19(12-10-15)33-23(30)16-5-4-8-18(14-16)27(31)32/h1-14H,(H,25,28,34). The van der Waals surface area contributed by atoms with Crippen molar-refractivity contribution in [1.29, 1.82) is 0 Å². The highest BCUT2D eigenvalue weighted by atomic mass is 32.1. The number of nitrogens with one attached hydrogen (secondary N) is 1. The number of carbonyl (C=O) groups excluding carboxylic acids is 3. The third-order valence-electron chi connectivity index (χ3n) is 4.81. The van der Waals surface area contributed by atoms with E-state index in [1.165, 1.54) is 41.3 Å². The molecule has 1 aliphatic rings. The van der Waals surface area contributed by atoms with Gasteiger partial charge in [0.25, 0.3) is 17.5 Å². The number of amides is 2. The van der Waals surface area contributed by atoms with Crippen molar-refractivity contribution in [2.45, 2.75) is 0 Å². The zero-order valence-electron chi connectivity index (χ0n) is 17.3. The molecule has 1 aliphatic heterocycles. The molecule has 3 aromatic carbocycles. The molecule has 1 saturated heterocycles. The summed E-state index contributed by atoms with van der Waals surface area (Å²) in [6.45, 7) is 0. The fourth-order valence-corrected chi connectivity index (χ4v) is 3.46. The van der Waals surface area contributed by atoms with Gasteiger partial charge in [-0.1, -0.05) is 36.4 Å². The van der Waals surface area contributed by atoms with E-state index in [2.05, 4.69) is 5.32 Å². The van der Waals surface area contributed by atoms with E-state index in [1.807, 2.05) is 0 Å². The van der Waals surface area contributed by atoms with Crippen LogP contribution in [0.4, 0.5) is 11.4 Å². The molecule has 9 nitrogen and oxygen atoms in total. The zero-order chi connectivity index (χ0) is 24.2. The van der Waals surface area contributed by atoms with Gasteiger partial charge in [0, 0.05) is 12.1 Å². The SMILES string of the molecule is O=C1NC(=S)N(c2ccccc2)C(=O)C1=Cc1ccc(OC(=O)c2cccc([N+](=O)[O-])c2)cc1. The Labute approximate surface area is 198 Å². The second kappa shape index (κ2) is 9.43. The Morgan fingerprint density at radius 1 is 1.00 bits per heavy atom. The van der Waals surface area contributed by atoms with Crippen LogP contribution in [0.3, 0.4) is 0 Å². The fourth-order valence-electron chi connectivity index (χ4n) is 3.18. The van der Waals surface area contributed by atoms with E-state index < -0.39 is 22.7 Å². The first-order valence-corrected chi connectivity index (χ1v) is 10.3. The van der Waals surface area contributed by atoms with Crippen LogP contribution in [0.5, 0.6) is 5.75 Å². The van der Waals surface area contributed by atoms with Gasteiger partial charge in [0.1, 0.15) is 11.3 Å². The van der Waals surface area contributed by atoms with E-state index in [-0.39, 0.29) is 27.7 Å². The summed E-state index contributed by atoms with van der Waals surface area (Å²) in [6, 6.07) is 20.0. The van der Waals surface area contributed by atoms with Crippen LogP contribution >= 0.6 is 12.2 Å². The number of para-hydroxylation sites is 1. The molecule has 0 spiro atoms. The summed E-state index contributed by atoms with van der Waals surface area (Å²) in [5.74, 6) is -1.77. The summed E-state index contributed by atoms with van der Waals surface area (Å²) in [6.07, 6.45) is 1.40. The second-order valence-corrected chi connectivity index (χ2v) is 7.45. The van der Waals surface area contributed by atoms with Gasteiger partial charge in [-0.25, -0.2) is 4.79 Å². The summed E-state index contributed by atoms with van der Waals surface area (Å²) < 4.78 is 5.26. The van der Waals surface area contributed by atoms with E-state index in [0.29, 0.717) is 11.3 Å². The number of non-ortho nitro benzene ring substituents is 1. The number of nitrogens with zero attached hydrogens (tertiary/aromatic N) is 2. The summed E-state index contributed by atoms with van der Waals surface area (Å²) in [5, 5.41) is 13.4. The highest BCUT2D eigenvalue weighted by Crippen LogP contribution is 2.23. The highest BCUT2D eigenvalue weighted by molar-refractivity contribution is 7.80. The van der Waals surface area contributed by atoms with Crippen molar-refractivity contribution < 1.29 is 24.0 Å². The number of hydrogen-bond donors (Lipinski definition) is 1. The number of ether oxygens (including phenoxy) is 1. The predicted molar refractivity (Wildman–Crippen MR) is 127 cm³/mol. The lowest BCUT2D eigenvalue weighted by Gasteiger charge is -2.28. The largest absolute Gasteiger partial charge is 0.423 e. The number of nitro groups is 1. The van der Waals surface area contributed by atoms with Crippen LogP contribution in [0.1, 0.15) is 15.9 Å². The van der Waals surface area contributed by atoms with E-state index in [1.54, 1.807) is 42.5 Å². The molecular weight excluding hydrogens is 458 g/mol. The van der Waals surface area contributed by atoms with Gasteiger partial charge >= 0.3 is 5.97 Å². The molecule has 1 fully saturated rings. The quantitative estimate of drug-likeness (QED) is 0.114. The van der Waals surface area contributed by atoms with Gasteiger partial charge in [-0.15, -0.1) is 0 Å². The lowest BCUT2D eigenvalue weighted by molar-refractivity contribution is -0.384. The Morgan fingerprint density at radius 3 is 2.38 bits per heavy atom. The number of rotatable bonds is 5. The molecule has 0 bridgehead atoms. The van der Waals surface area contributed by atoms with Crippen LogP contribution in [0.15, 0.2) is 84.4 Å². The van der Waals surface area contributed by atoms with E-state index in [0.717, 1.165) is 6.07 Å². The molecular formula is C24H15N3O6S. The van der Waals surface area contributed by atoms with Crippen LogP contribution < -0.4 is 15.0 Å². The molecule has 4 rings (SSSR count). The predicted octanol–water partition coefficient (Wildman–Crippen LogP) is 3.65. The molecule has 0 radical (unpaired) electrons. The van der Waals surface area contributed by atoms with Crippen molar-refractivity contribution >= 4 is 52.6 Å². The number of carbonyl (C=O) groups is 3. The van der Waals surface area contributed by atoms with Crippen LogP contribution in [0.2, 0.25) is 0 Å². The van der Waals surface area contributed by atoms with E-state index in [9.17, 15) is 24.5 Å². The molecule has 10 heteroatoms. The third kappa shape index (κ3) is 4.71. The van der Waals surface area contributed by atoms with Crippen LogP contribution in [0.25, 0.3) is 6.08 Å². The maximum Gasteiger partial charge on any atom is 0.343 e. The number of esters is 1. The molecule has 1 N–H and O–H groups in total. The minimum absolute atomic E-state index is 0.0123. The van der Waals surface area contributed by atoms with Gasteiger partial charge in [-0.3, -0.25) is 29.9 Å². The molecule has 0 unspecified atom stereocenters. The van der Waals surface area contributed by atoms with Crippen molar-refractivity contribution in [1.82, 2.24) is 5.32 Å². The van der Waals surface area contributed by atoms with Crippen molar-refractivity contribution in [3.8, 4) is 5.75 Å². The van der Waals surface area contributed by atoms with Gasteiger partial charge < -0.3 is 4.74 Å². The second-order valence-electron chi connectivity index (χ2n) is 7.06. The zero-order valence-corrected chi connectivity index (χ0v) is 18.2. The summed E-state index contributed by atoms with van der Waals surface area (Å²) in [5.41, 5.74) is 0.720. The van der Waals surface area contributed by atoms with Crippen LogP contribution in [-0.2, 0) is 9.59 Å². The van der Waals surface area contributed by atoms with Gasteiger partial charge in [0.05, 0.1) is 16.2 Å².